The molecule has 0 saturated heterocycles. The molecular formula is C18H30ClN. The lowest BCUT2D eigenvalue weighted by Gasteiger charge is -2.19. The molecule has 1 aromatic carbocycles. The minimum absolute atomic E-state index is 0.670. The van der Waals surface area contributed by atoms with Gasteiger partial charge in [-0.15, -0.1) is 0 Å². The molecule has 0 amide bonds. The Kier molecular flexibility index (Phi) is 9.78. The molecule has 0 fully saturated rings. The summed E-state index contributed by atoms with van der Waals surface area (Å²) in [6, 6.07) is 8.85. The second kappa shape index (κ2) is 11.2. The first-order valence-electron chi connectivity index (χ1n) is 8.24. The summed E-state index contributed by atoms with van der Waals surface area (Å²) in [5.41, 5.74) is 1.32. The number of rotatable bonds is 11. The van der Waals surface area contributed by atoms with E-state index in [-0.39, 0.29) is 0 Å². The van der Waals surface area contributed by atoms with Gasteiger partial charge in [-0.3, -0.25) is 0 Å². The molecule has 0 aromatic heterocycles. The smallest absolute Gasteiger partial charge is 0.0406 e. The summed E-state index contributed by atoms with van der Waals surface area (Å²) in [6.45, 7) is 5.50. The highest BCUT2D eigenvalue weighted by Gasteiger charge is 2.07. The minimum atomic E-state index is 0.670. The van der Waals surface area contributed by atoms with Crippen LogP contribution in [0.4, 0.5) is 0 Å². The van der Waals surface area contributed by atoms with Gasteiger partial charge in [0.15, 0.2) is 0 Å². The van der Waals surface area contributed by atoms with E-state index in [0.29, 0.717) is 6.04 Å². The van der Waals surface area contributed by atoms with Crippen molar-refractivity contribution in [2.75, 3.05) is 0 Å². The molecule has 0 heterocycles. The Hall–Kier alpha value is -0.530. The van der Waals surface area contributed by atoms with Crippen molar-refractivity contribution in [3.63, 3.8) is 0 Å². The standard InChI is InChI=1S/C18H30ClN/c1-3-5-7-9-18(10-8-6-4-2)20-15-16-11-13-17(19)14-12-16/h11-14,18,20H,3-10,15H2,1-2H3. The zero-order chi connectivity index (χ0) is 14.6. The molecule has 20 heavy (non-hydrogen) atoms. The lowest BCUT2D eigenvalue weighted by molar-refractivity contribution is 0.417. The third-order valence-electron chi connectivity index (χ3n) is 3.82. The molecule has 1 nitrogen and oxygen atoms in total. The number of benzene rings is 1. The largest absolute Gasteiger partial charge is 0.310 e. The van der Waals surface area contributed by atoms with Crippen molar-refractivity contribution in [1.82, 2.24) is 5.32 Å². The van der Waals surface area contributed by atoms with E-state index >= 15 is 0 Å². The second-order valence-corrected chi connectivity index (χ2v) is 6.13. The highest BCUT2D eigenvalue weighted by atomic mass is 35.5. The van der Waals surface area contributed by atoms with Crippen molar-refractivity contribution in [2.24, 2.45) is 0 Å². The van der Waals surface area contributed by atoms with Gasteiger partial charge in [-0.05, 0) is 30.5 Å². The molecule has 0 bridgehead atoms. The van der Waals surface area contributed by atoms with E-state index in [1.165, 1.54) is 56.9 Å². The molecule has 0 unspecified atom stereocenters. The van der Waals surface area contributed by atoms with E-state index in [0.717, 1.165) is 11.6 Å². The van der Waals surface area contributed by atoms with E-state index in [2.05, 4.69) is 31.3 Å². The van der Waals surface area contributed by atoms with Gasteiger partial charge in [0.25, 0.3) is 0 Å². The van der Waals surface area contributed by atoms with Gasteiger partial charge in [0.2, 0.25) is 0 Å². The van der Waals surface area contributed by atoms with Crippen LogP contribution in [0.5, 0.6) is 0 Å². The SMILES string of the molecule is CCCCCC(CCCCC)NCc1ccc(Cl)cc1. The Labute approximate surface area is 130 Å². The number of halogens is 1. The quantitative estimate of drug-likeness (QED) is 0.497. The lowest BCUT2D eigenvalue weighted by atomic mass is 10.0. The fraction of sp³-hybridized carbons (Fsp3) is 0.667. The summed E-state index contributed by atoms with van der Waals surface area (Å²) in [5.74, 6) is 0. The topological polar surface area (TPSA) is 12.0 Å². The summed E-state index contributed by atoms with van der Waals surface area (Å²) in [7, 11) is 0. The monoisotopic (exact) mass is 295 g/mol. The Balaban J connectivity index is 2.35. The lowest BCUT2D eigenvalue weighted by Crippen LogP contribution is -2.28. The number of hydrogen-bond donors (Lipinski definition) is 1. The molecule has 0 radical (unpaired) electrons. The molecule has 1 rings (SSSR count). The summed E-state index contributed by atoms with van der Waals surface area (Å²) < 4.78 is 0. The first kappa shape index (κ1) is 17.5. The summed E-state index contributed by atoms with van der Waals surface area (Å²) >= 11 is 5.92. The Morgan fingerprint density at radius 3 is 1.95 bits per heavy atom. The van der Waals surface area contributed by atoms with Crippen LogP contribution < -0.4 is 5.32 Å². The summed E-state index contributed by atoms with van der Waals surface area (Å²) in [6.07, 6.45) is 10.6. The van der Waals surface area contributed by atoms with E-state index in [1.807, 2.05) is 12.1 Å². The molecule has 0 saturated carbocycles. The van der Waals surface area contributed by atoms with E-state index < -0.39 is 0 Å². The van der Waals surface area contributed by atoms with Crippen LogP contribution in [-0.4, -0.2) is 6.04 Å². The minimum Gasteiger partial charge on any atom is -0.310 e. The normalized spacial score (nSPS) is 11.2. The van der Waals surface area contributed by atoms with Gasteiger partial charge < -0.3 is 5.32 Å². The van der Waals surface area contributed by atoms with Crippen molar-refractivity contribution < 1.29 is 0 Å². The van der Waals surface area contributed by atoms with Gasteiger partial charge in [-0.2, -0.15) is 0 Å². The Morgan fingerprint density at radius 2 is 1.45 bits per heavy atom. The molecule has 0 atom stereocenters. The molecule has 1 N–H and O–H groups in total. The highest BCUT2D eigenvalue weighted by Crippen LogP contribution is 2.13. The van der Waals surface area contributed by atoms with Crippen LogP contribution in [0, 0.1) is 0 Å². The van der Waals surface area contributed by atoms with E-state index in [1.54, 1.807) is 0 Å². The Morgan fingerprint density at radius 1 is 0.900 bits per heavy atom. The van der Waals surface area contributed by atoms with Crippen molar-refractivity contribution in [3.05, 3.63) is 34.9 Å². The van der Waals surface area contributed by atoms with Crippen molar-refractivity contribution in [1.29, 1.82) is 0 Å². The number of unbranched alkanes of at least 4 members (excludes halogenated alkanes) is 4. The maximum Gasteiger partial charge on any atom is 0.0406 e. The molecule has 1 aromatic rings. The van der Waals surface area contributed by atoms with Crippen LogP contribution in [0.1, 0.15) is 70.8 Å². The van der Waals surface area contributed by atoms with Gasteiger partial charge in [0.1, 0.15) is 0 Å². The fourth-order valence-corrected chi connectivity index (χ4v) is 2.62. The van der Waals surface area contributed by atoms with Crippen LogP contribution in [0.25, 0.3) is 0 Å². The summed E-state index contributed by atoms with van der Waals surface area (Å²) in [4.78, 5) is 0. The molecular weight excluding hydrogens is 266 g/mol. The molecule has 0 aliphatic rings. The number of hydrogen-bond acceptors (Lipinski definition) is 1. The second-order valence-electron chi connectivity index (χ2n) is 5.70. The average Bonchev–Trinajstić information content (AvgIpc) is 2.46. The zero-order valence-electron chi connectivity index (χ0n) is 13.1. The Bertz CT molecular complexity index is 324. The predicted molar refractivity (Wildman–Crippen MR) is 90.4 cm³/mol. The zero-order valence-corrected chi connectivity index (χ0v) is 13.9. The fourth-order valence-electron chi connectivity index (χ4n) is 2.49. The predicted octanol–water partition coefficient (Wildman–Crippen LogP) is 5.96. The molecule has 0 spiro atoms. The van der Waals surface area contributed by atoms with Gasteiger partial charge in [-0.25, -0.2) is 0 Å². The third-order valence-corrected chi connectivity index (χ3v) is 4.07. The van der Waals surface area contributed by atoms with Crippen LogP contribution in [-0.2, 0) is 6.54 Å². The average molecular weight is 296 g/mol. The number of nitrogens with one attached hydrogen (secondary N) is 1. The van der Waals surface area contributed by atoms with Crippen LogP contribution in [0.15, 0.2) is 24.3 Å². The first-order valence-corrected chi connectivity index (χ1v) is 8.61. The van der Waals surface area contributed by atoms with Crippen LogP contribution >= 0.6 is 11.6 Å². The molecule has 0 aliphatic heterocycles. The van der Waals surface area contributed by atoms with Gasteiger partial charge in [-0.1, -0.05) is 76.1 Å². The maximum absolute atomic E-state index is 5.92. The van der Waals surface area contributed by atoms with Crippen molar-refractivity contribution in [3.8, 4) is 0 Å². The van der Waals surface area contributed by atoms with Gasteiger partial charge in [0, 0.05) is 17.6 Å². The van der Waals surface area contributed by atoms with Crippen molar-refractivity contribution in [2.45, 2.75) is 77.8 Å². The maximum atomic E-state index is 5.92. The van der Waals surface area contributed by atoms with Crippen LogP contribution in [0.3, 0.4) is 0 Å². The van der Waals surface area contributed by atoms with E-state index in [4.69, 9.17) is 11.6 Å². The molecule has 2 heteroatoms. The van der Waals surface area contributed by atoms with Crippen molar-refractivity contribution >= 4 is 11.6 Å². The first-order chi connectivity index (χ1) is 9.76. The summed E-state index contributed by atoms with van der Waals surface area (Å²) in [5, 5.41) is 4.55. The molecule has 114 valence electrons. The van der Waals surface area contributed by atoms with Gasteiger partial charge >= 0.3 is 0 Å². The van der Waals surface area contributed by atoms with Gasteiger partial charge in [0.05, 0.1) is 0 Å². The molecule has 0 aliphatic carbocycles. The van der Waals surface area contributed by atoms with Crippen LogP contribution in [0.2, 0.25) is 5.02 Å². The van der Waals surface area contributed by atoms with E-state index in [9.17, 15) is 0 Å². The third kappa shape index (κ3) is 7.91. The highest BCUT2D eigenvalue weighted by molar-refractivity contribution is 6.30.